The van der Waals surface area contributed by atoms with Gasteiger partial charge in [-0.05, 0) is 24.5 Å². The van der Waals surface area contributed by atoms with E-state index >= 15 is 0 Å². The third-order valence-corrected chi connectivity index (χ3v) is 3.20. The Kier molecular flexibility index (Phi) is 4.22. The topological polar surface area (TPSA) is 56.7 Å². The maximum atomic E-state index is 6.08. The molecule has 18 heavy (non-hydrogen) atoms. The summed E-state index contributed by atoms with van der Waals surface area (Å²) in [7, 11) is 1.89. The van der Waals surface area contributed by atoms with Gasteiger partial charge in [0.25, 0.3) is 0 Å². The molecule has 0 saturated heterocycles. The van der Waals surface area contributed by atoms with Crippen molar-refractivity contribution in [2.24, 2.45) is 12.8 Å². The van der Waals surface area contributed by atoms with Crippen LogP contribution in [0.2, 0.25) is 10.0 Å². The summed E-state index contributed by atoms with van der Waals surface area (Å²) >= 11 is 11.9. The highest BCUT2D eigenvalue weighted by Crippen LogP contribution is 2.25. The van der Waals surface area contributed by atoms with Crippen LogP contribution in [-0.2, 0) is 13.5 Å². The lowest BCUT2D eigenvalue weighted by Gasteiger charge is -2.12. The SMILES string of the molecule is Cn1cc(CCC(N)c2ncc(Cl)cc2Cl)cn1. The Balaban J connectivity index is 2.01. The maximum absolute atomic E-state index is 6.08. The highest BCUT2D eigenvalue weighted by molar-refractivity contribution is 6.34. The molecule has 0 saturated carbocycles. The molecule has 1 unspecified atom stereocenters. The zero-order chi connectivity index (χ0) is 13.1. The van der Waals surface area contributed by atoms with Crippen LogP contribution in [-0.4, -0.2) is 14.8 Å². The highest BCUT2D eigenvalue weighted by atomic mass is 35.5. The van der Waals surface area contributed by atoms with Crippen molar-refractivity contribution in [3.8, 4) is 0 Å². The van der Waals surface area contributed by atoms with Crippen molar-refractivity contribution in [2.75, 3.05) is 0 Å². The van der Waals surface area contributed by atoms with Crippen LogP contribution in [0.3, 0.4) is 0 Å². The predicted octanol–water partition coefficient (Wildman–Crippen LogP) is 2.75. The second-order valence-corrected chi connectivity index (χ2v) is 5.03. The van der Waals surface area contributed by atoms with E-state index in [1.807, 2.05) is 19.4 Å². The Hall–Kier alpha value is -1.10. The molecule has 2 aromatic rings. The number of nitrogens with zero attached hydrogens (tertiary/aromatic N) is 3. The van der Waals surface area contributed by atoms with Crippen LogP contribution in [0.4, 0.5) is 0 Å². The summed E-state index contributed by atoms with van der Waals surface area (Å²) in [5.74, 6) is 0. The molecule has 0 spiro atoms. The molecule has 0 fully saturated rings. The molecule has 2 heterocycles. The van der Waals surface area contributed by atoms with Gasteiger partial charge in [-0.2, -0.15) is 5.10 Å². The highest BCUT2D eigenvalue weighted by Gasteiger charge is 2.12. The molecule has 0 aliphatic carbocycles. The maximum Gasteiger partial charge on any atom is 0.0758 e. The van der Waals surface area contributed by atoms with Crippen molar-refractivity contribution >= 4 is 23.2 Å². The van der Waals surface area contributed by atoms with Gasteiger partial charge >= 0.3 is 0 Å². The number of hydrogen-bond acceptors (Lipinski definition) is 3. The van der Waals surface area contributed by atoms with Crippen LogP contribution in [0.25, 0.3) is 0 Å². The van der Waals surface area contributed by atoms with Gasteiger partial charge in [-0.15, -0.1) is 0 Å². The molecule has 0 aromatic carbocycles. The molecule has 96 valence electrons. The molecule has 0 bridgehead atoms. The molecular weight excluding hydrogens is 271 g/mol. The Morgan fingerprint density at radius 2 is 2.17 bits per heavy atom. The minimum absolute atomic E-state index is 0.199. The number of nitrogens with two attached hydrogens (primary N) is 1. The predicted molar refractivity (Wildman–Crippen MR) is 72.7 cm³/mol. The van der Waals surface area contributed by atoms with E-state index in [1.54, 1.807) is 16.9 Å². The van der Waals surface area contributed by atoms with E-state index in [9.17, 15) is 0 Å². The first-order valence-corrected chi connectivity index (χ1v) is 6.36. The van der Waals surface area contributed by atoms with Crippen LogP contribution in [0, 0.1) is 0 Å². The smallest absolute Gasteiger partial charge is 0.0758 e. The van der Waals surface area contributed by atoms with Crippen molar-refractivity contribution < 1.29 is 0 Å². The van der Waals surface area contributed by atoms with Gasteiger partial charge in [0, 0.05) is 25.5 Å². The first-order chi connectivity index (χ1) is 8.56. The number of rotatable bonds is 4. The van der Waals surface area contributed by atoms with E-state index in [1.165, 1.54) is 0 Å². The van der Waals surface area contributed by atoms with Crippen LogP contribution < -0.4 is 5.73 Å². The third-order valence-electron chi connectivity index (χ3n) is 2.69. The van der Waals surface area contributed by atoms with E-state index < -0.39 is 0 Å². The van der Waals surface area contributed by atoms with E-state index in [-0.39, 0.29) is 6.04 Å². The van der Waals surface area contributed by atoms with Crippen molar-refractivity contribution in [2.45, 2.75) is 18.9 Å². The lowest BCUT2D eigenvalue weighted by molar-refractivity contribution is 0.633. The number of pyridine rings is 1. The van der Waals surface area contributed by atoms with E-state index in [4.69, 9.17) is 28.9 Å². The minimum atomic E-state index is -0.199. The molecule has 2 aromatic heterocycles. The molecule has 6 heteroatoms. The van der Waals surface area contributed by atoms with Crippen molar-refractivity contribution in [3.05, 3.63) is 46.0 Å². The largest absolute Gasteiger partial charge is 0.323 e. The van der Waals surface area contributed by atoms with Crippen molar-refractivity contribution in [1.29, 1.82) is 0 Å². The fourth-order valence-corrected chi connectivity index (χ4v) is 2.28. The van der Waals surface area contributed by atoms with Gasteiger partial charge in [0.15, 0.2) is 0 Å². The van der Waals surface area contributed by atoms with Crippen LogP contribution in [0.5, 0.6) is 0 Å². The van der Waals surface area contributed by atoms with Crippen LogP contribution in [0.1, 0.15) is 23.7 Å². The normalized spacial score (nSPS) is 12.7. The Morgan fingerprint density at radius 1 is 1.39 bits per heavy atom. The van der Waals surface area contributed by atoms with Gasteiger partial charge < -0.3 is 5.73 Å². The summed E-state index contributed by atoms with van der Waals surface area (Å²) in [6, 6.07) is 1.46. The molecular formula is C12H14Cl2N4. The van der Waals surface area contributed by atoms with E-state index in [0.717, 1.165) is 18.4 Å². The minimum Gasteiger partial charge on any atom is -0.323 e. The lowest BCUT2D eigenvalue weighted by atomic mass is 10.1. The second kappa shape index (κ2) is 5.69. The third kappa shape index (κ3) is 3.22. The number of halogens is 2. The monoisotopic (exact) mass is 284 g/mol. The fraction of sp³-hybridized carbons (Fsp3) is 0.333. The number of aromatic nitrogens is 3. The van der Waals surface area contributed by atoms with Crippen molar-refractivity contribution in [1.82, 2.24) is 14.8 Å². The average Bonchev–Trinajstić information content (AvgIpc) is 2.72. The fourth-order valence-electron chi connectivity index (χ4n) is 1.76. The molecule has 0 aliphatic heterocycles. The summed E-state index contributed by atoms with van der Waals surface area (Å²) < 4.78 is 1.77. The van der Waals surface area contributed by atoms with Gasteiger partial charge in [-0.3, -0.25) is 9.67 Å². The summed E-state index contributed by atoms with van der Waals surface area (Å²) in [4.78, 5) is 4.19. The van der Waals surface area contributed by atoms with Gasteiger partial charge in [0.2, 0.25) is 0 Å². The standard InChI is InChI=1S/C12H14Cl2N4/c1-18-7-8(5-17-18)2-3-11(15)12-10(14)4-9(13)6-16-12/h4-7,11H,2-3,15H2,1H3. The van der Waals surface area contributed by atoms with Crippen LogP contribution in [0.15, 0.2) is 24.7 Å². The number of hydrogen-bond donors (Lipinski definition) is 1. The number of aryl methyl sites for hydroxylation is 2. The summed E-state index contributed by atoms with van der Waals surface area (Å²) in [5, 5.41) is 5.15. The Labute approximate surface area is 116 Å². The van der Waals surface area contributed by atoms with Crippen LogP contribution >= 0.6 is 23.2 Å². The van der Waals surface area contributed by atoms with Gasteiger partial charge in [-0.25, -0.2) is 0 Å². The second-order valence-electron chi connectivity index (χ2n) is 4.19. The molecule has 1 atom stereocenters. The molecule has 0 aliphatic rings. The summed E-state index contributed by atoms with van der Waals surface area (Å²) in [6.45, 7) is 0. The molecule has 2 N–H and O–H groups in total. The Morgan fingerprint density at radius 3 is 2.78 bits per heavy atom. The zero-order valence-electron chi connectivity index (χ0n) is 9.98. The van der Waals surface area contributed by atoms with Gasteiger partial charge in [0.05, 0.1) is 21.9 Å². The van der Waals surface area contributed by atoms with Gasteiger partial charge in [0.1, 0.15) is 0 Å². The molecule has 0 amide bonds. The first kappa shape index (κ1) is 13.3. The van der Waals surface area contributed by atoms with Gasteiger partial charge in [-0.1, -0.05) is 23.2 Å². The molecule has 0 radical (unpaired) electrons. The quantitative estimate of drug-likeness (QED) is 0.939. The Bertz CT molecular complexity index is 539. The first-order valence-electron chi connectivity index (χ1n) is 5.60. The molecule has 2 rings (SSSR count). The van der Waals surface area contributed by atoms with Crippen molar-refractivity contribution in [3.63, 3.8) is 0 Å². The van der Waals surface area contributed by atoms with E-state index in [2.05, 4.69) is 10.1 Å². The van der Waals surface area contributed by atoms with E-state index in [0.29, 0.717) is 15.7 Å². The summed E-state index contributed by atoms with van der Waals surface area (Å²) in [6.07, 6.45) is 6.98. The summed E-state index contributed by atoms with van der Waals surface area (Å²) in [5.41, 5.74) is 7.92. The molecule has 4 nitrogen and oxygen atoms in total. The zero-order valence-corrected chi connectivity index (χ0v) is 11.5. The average molecular weight is 285 g/mol. The lowest BCUT2D eigenvalue weighted by Crippen LogP contribution is -2.13.